The molecule has 0 spiro atoms. The number of rotatable bonds is 6. The molecule has 0 bridgehead atoms. The van der Waals surface area contributed by atoms with Crippen molar-refractivity contribution in [3.8, 4) is 0 Å². The van der Waals surface area contributed by atoms with Crippen molar-refractivity contribution in [1.82, 2.24) is 9.62 Å². The first-order valence-corrected chi connectivity index (χ1v) is 11.8. The highest BCUT2D eigenvalue weighted by Gasteiger charge is 2.39. The standard InChI is InChI=1S/C23H27ClN2O3S/c1-16(2)14-21(23(27)25-15-18-8-10-19(24)11-9-18)26-13-12-17(3)20-6-4-5-7-22(20)30(26,28)29/h4-11,16,21H,3,12-15H2,1-2H3,(H,25,27)/t21-/m1/s1. The molecule has 160 valence electrons. The minimum absolute atomic E-state index is 0.146. The minimum Gasteiger partial charge on any atom is -0.351 e. The average Bonchev–Trinajstić information content (AvgIpc) is 2.80. The molecule has 1 atom stereocenters. The molecule has 2 aromatic rings. The van der Waals surface area contributed by atoms with Crippen LogP contribution in [0, 0.1) is 5.92 Å². The van der Waals surface area contributed by atoms with Gasteiger partial charge in [0.1, 0.15) is 6.04 Å². The van der Waals surface area contributed by atoms with Crippen LogP contribution in [0.15, 0.2) is 60.0 Å². The third-order valence-corrected chi connectivity index (χ3v) is 7.43. The molecule has 3 rings (SSSR count). The second kappa shape index (κ2) is 9.33. The number of amides is 1. The number of hydrogen-bond acceptors (Lipinski definition) is 3. The van der Waals surface area contributed by atoms with Gasteiger partial charge >= 0.3 is 0 Å². The number of nitrogens with one attached hydrogen (secondary N) is 1. The lowest BCUT2D eigenvalue weighted by Crippen LogP contribution is -2.50. The maximum absolute atomic E-state index is 13.5. The van der Waals surface area contributed by atoms with Gasteiger partial charge < -0.3 is 5.32 Å². The molecule has 1 aliphatic rings. The molecular formula is C23H27ClN2O3S. The molecule has 0 aromatic heterocycles. The summed E-state index contributed by atoms with van der Waals surface area (Å²) in [4.78, 5) is 13.4. The largest absolute Gasteiger partial charge is 0.351 e. The maximum Gasteiger partial charge on any atom is 0.244 e. The van der Waals surface area contributed by atoms with Crippen LogP contribution in [-0.2, 0) is 21.4 Å². The Kier molecular flexibility index (Phi) is 7.01. The van der Waals surface area contributed by atoms with Crippen LogP contribution >= 0.6 is 11.6 Å². The van der Waals surface area contributed by atoms with Crippen LogP contribution in [0.2, 0.25) is 5.02 Å². The van der Waals surface area contributed by atoms with Crippen molar-refractivity contribution in [2.45, 2.75) is 44.2 Å². The van der Waals surface area contributed by atoms with Crippen molar-refractivity contribution in [2.75, 3.05) is 6.54 Å². The molecule has 1 aliphatic heterocycles. The van der Waals surface area contributed by atoms with Crippen molar-refractivity contribution >= 4 is 33.1 Å². The fourth-order valence-electron chi connectivity index (χ4n) is 3.64. The van der Waals surface area contributed by atoms with Crippen LogP contribution in [0.5, 0.6) is 0 Å². The Morgan fingerprint density at radius 3 is 2.50 bits per heavy atom. The van der Waals surface area contributed by atoms with Crippen LogP contribution in [0.4, 0.5) is 0 Å². The second-order valence-electron chi connectivity index (χ2n) is 7.96. The Morgan fingerprint density at radius 2 is 1.83 bits per heavy atom. The molecule has 30 heavy (non-hydrogen) atoms. The van der Waals surface area contributed by atoms with E-state index in [9.17, 15) is 13.2 Å². The zero-order valence-electron chi connectivity index (χ0n) is 17.3. The quantitative estimate of drug-likeness (QED) is 0.711. The summed E-state index contributed by atoms with van der Waals surface area (Å²) in [6, 6.07) is 13.3. The summed E-state index contributed by atoms with van der Waals surface area (Å²) < 4.78 is 28.3. The van der Waals surface area contributed by atoms with Gasteiger partial charge in [-0.2, -0.15) is 4.31 Å². The number of carbonyl (C=O) groups excluding carboxylic acids is 1. The van der Waals surface area contributed by atoms with Gasteiger partial charge in [0.05, 0.1) is 4.90 Å². The van der Waals surface area contributed by atoms with E-state index in [1.165, 1.54) is 4.31 Å². The van der Waals surface area contributed by atoms with Crippen LogP contribution in [0.25, 0.3) is 5.57 Å². The molecule has 0 fully saturated rings. The smallest absolute Gasteiger partial charge is 0.244 e. The van der Waals surface area contributed by atoms with E-state index < -0.39 is 16.1 Å². The number of hydrogen-bond donors (Lipinski definition) is 1. The highest BCUT2D eigenvalue weighted by Crippen LogP contribution is 2.33. The number of nitrogens with zero attached hydrogens (tertiary/aromatic N) is 1. The molecule has 0 saturated carbocycles. The van der Waals surface area contributed by atoms with Crippen molar-refractivity contribution < 1.29 is 13.2 Å². The van der Waals surface area contributed by atoms with Gasteiger partial charge in [-0.15, -0.1) is 0 Å². The topological polar surface area (TPSA) is 66.5 Å². The van der Waals surface area contributed by atoms with Crippen molar-refractivity contribution in [3.05, 3.63) is 71.3 Å². The van der Waals surface area contributed by atoms with Gasteiger partial charge in [-0.05, 0) is 53.7 Å². The molecule has 5 nitrogen and oxygen atoms in total. The first-order valence-electron chi connectivity index (χ1n) is 10.0. The van der Waals surface area contributed by atoms with Gasteiger partial charge in [-0.1, -0.05) is 62.4 Å². The Bertz CT molecular complexity index is 1030. The van der Waals surface area contributed by atoms with Gasteiger partial charge in [-0.3, -0.25) is 4.79 Å². The lowest BCUT2D eigenvalue weighted by Gasteiger charge is -2.30. The molecule has 1 amide bonds. The van der Waals surface area contributed by atoms with E-state index in [-0.39, 0.29) is 23.3 Å². The van der Waals surface area contributed by atoms with E-state index in [1.807, 2.05) is 26.0 Å². The number of benzene rings is 2. The van der Waals surface area contributed by atoms with Gasteiger partial charge in [-0.25, -0.2) is 8.42 Å². The van der Waals surface area contributed by atoms with E-state index in [1.54, 1.807) is 36.4 Å². The van der Waals surface area contributed by atoms with Gasteiger partial charge in [0.2, 0.25) is 15.9 Å². The zero-order chi connectivity index (χ0) is 21.9. The van der Waals surface area contributed by atoms with Gasteiger partial charge in [0.15, 0.2) is 0 Å². The fourth-order valence-corrected chi connectivity index (χ4v) is 5.61. The molecule has 1 N–H and O–H groups in total. The van der Waals surface area contributed by atoms with E-state index in [4.69, 9.17) is 11.6 Å². The molecule has 1 heterocycles. The third kappa shape index (κ3) is 4.94. The summed E-state index contributed by atoms with van der Waals surface area (Å²) in [7, 11) is -3.84. The molecular weight excluding hydrogens is 420 g/mol. The summed E-state index contributed by atoms with van der Waals surface area (Å²) in [5.41, 5.74) is 2.29. The normalized spacial score (nSPS) is 17.3. The predicted molar refractivity (Wildman–Crippen MR) is 121 cm³/mol. The Balaban J connectivity index is 1.89. The Morgan fingerprint density at radius 1 is 1.17 bits per heavy atom. The lowest BCUT2D eigenvalue weighted by molar-refractivity contribution is -0.125. The van der Waals surface area contributed by atoms with Crippen LogP contribution in [0.1, 0.15) is 37.8 Å². The van der Waals surface area contributed by atoms with Crippen LogP contribution in [0.3, 0.4) is 0 Å². The highest BCUT2D eigenvalue weighted by molar-refractivity contribution is 7.89. The molecule has 0 unspecified atom stereocenters. The second-order valence-corrected chi connectivity index (χ2v) is 10.3. The SMILES string of the molecule is C=C1CCN([C@H](CC(C)C)C(=O)NCc2ccc(Cl)cc2)S(=O)(=O)c2ccccc21. The van der Waals surface area contributed by atoms with E-state index in [2.05, 4.69) is 11.9 Å². The van der Waals surface area contributed by atoms with Crippen LogP contribution < -0.4 is 5.32 Å². The number of sulfonamides is 1. The highest BCUT2D eigenvalue weighted by atomic mass is 35.5. The molecule has 0 radical (unpaired) electrons. The predicted octanol–water partition coefficient (Wildman–Crippen LogP) is 4.48. The average molecular weight is 447 g/mol. The Hall–Kier alpha value is -2.15. The molecule has 0 aliphatic carbocycles. The van der Waals surface area contributed by atoms with Crippen molar-refractivity contribution in [2.24, 2.45) is 5.92 Å². The summed E-state index contributed by atoms with van der Waals surface area (Å²) in [6.07, 6.45) is 0.912. The fraction of sp³-hybridized carbons (Fsp3) is 0.348. The monoisotopic (exact) mass is 446 g/mol. The van der Waals surface area contributed by atoms with Crippen LogP contribution in [-0.4, -0.2) is 31.2 Å². The first-order chi connectivity index (χ1) is 14.2. The van der Waals surface area contributed by atoms with E-state index >= 15 is 0 Å². The Labute approximate surface area is 183 Å². The number of fused-ring (bicyclic) bond motifs is 1. The van der Waals surface area contributed by atoms with E-state index in [0.29, 0.717) is 30.0 Å². The molecule has 2 aromatic carbocycles. The van der Waals surface area contributed by atoms with Gasteiger partial charge in [0.25, 0.3) is 0 Å². The summed E-state index contributed by atoms with van der Waals surface area (Å²) >= 11 is 5.92. The molecule has 0 saturated heterocycles. The maximum atomic E-state index is 13.5. The van der Waals surface area contributed by atoms with E-state index in [0.717, 1.165) is 11.1 Å². The first kappa shape index (κ1) is 22.5. The van der Waals surface area contributed by atoms with Crippen molar-refractivity contribution in [3.63, 3.8) is 0 Å². The zero-order valence-corrected chi connectivity index (χ0v) is 18.8. The summed E-state index contributed by atoms with van der Waals surface area (Å²) in [5, 5.41) is 3.53. The minimum atomic E-state index is -3.84. The molecule has 7 heteroatoms. The number of carbonyl (C=O) groups is 1. The third-order valence-electron chi connectivity index (χ3n) is 5.21. The summed E-state index contributed by atoms with van der Waals surface area (Å²) in [5.74, 6) is -0.152. The van der Waals surface area contributed by atoms with Gasteiger partial charge in [0, 0.05) is 18.1 Å². The lowest BCUT2D eigenvalue weighted by atomic mass is 10.0. The summed E-state index contributed by atoms with van der Waals surface area (Å²) in [6.45, 7) is 8.56. The number of halogens is 1. The van der Waals surface area contributed by atoms with Crippen molar-refractivity contribution in [1.29, 1.82) is 0 Å².